The lowest BCUT2D eigenvalue weighted by atomic mass is 10.1. The topological polar surface area (TPSA) is 55.8 Å². The molecule has 27 heavy (non-hydrogen) atoms. The van der Waals surface area contributed by atoms with Crippen molar-refractivity contribution in [2.24, 2.45) is 0 Å². The molecular weight excluding hydrogens is 445 g/mol. The fraction of sp³-hybridized carbons (Fsp3) is 0.875. The molecule has 0 saturated carbocycles. The second kappa shape index (κ2) is 6.45. The Labute approximate surface area is 135 Å². The third-order valence-corrected chi connectivity index (χ3v) is 2.22. The van der Waals surface area contributed by atoms with Crippen LogP contribution < -0.4 is 0 Å². The number of hydrogen-bond donors (Lipinski definition) is 1. The minimum absolute atomic E-state index is 1.26. The molecule has 0 aromatic carbocycles. The Morgan fingerprint density at radius 1 is 0.556 bits per heavy atom. The molecule has 0 spiro atoms. The Hall–Kier alpha value is -1.66. The van der Waals surface area contributed by atoms with E-state index in [1.165, 1.54) is 4.74 Å². The summed E-state index contributed by atoms with van der Waals surface area (Å²) < 4.78 is 189. The van der Waals surface area contributed by atoms with E-state index in [1.807, 2.05) is 0 Å². The van der Waals surface area contributed by atoms with Gasteiger partial charge in [0.05, 0.1) is 0 Å². The summed E-state index contributed by atoms with van der Waals surface area (Å²) in [5.74, 6) is -19.5. The van der Waals surface area contributed by atoms with Crippen LogP contribution in [0.2, 0.25) is 0 Å². The van der Waals surface area contributed by atoms with E-state index in [4.69, 9.17) is 5.11 Å². The highest BCUT2D eigenvalue weighted by Crippen LogP contribution is 2.55. The van der Waals surface area contributed by atoms with Gasteiger partial charge in [0.25, 0.3) is 0 Å². The van der Waals surface area contributed by atoms with E-state index in [9.17, 15) is 70.7 Å². The van der Waals surface area contributed by atoms with Crippen molar-refractivity contribution in [2.45, 2.75) is 42.5 Å². The minimum Gasteiger partial charge on any atom is -0.475 e. The van der Waals surface area contributed by atoms with Crippen molar-refractivity contribution in [3.63, 3.8) is 0 Å². The van der Waals surface area contributed by atoms with Crippen LogP contribution in [-0.4, -0.2) is 53.5 Å². The van der Waals surface area contributed by atoms with Crippen molar-refractivity contribution < 1.29 is 85.2 Å². The molecule has 0 unspecified atom stereocenters. The van der Waals surface area contributed by atoms with Crippen molar-refractivity contribution >= 4 is 5.97 Å². The van der Waals surface area contributed by atoms with Gasteiger partial charge in [-0.05, 0) is 0 Å². The second-order valence-electron chi connectivity index (χ2n) is 4.22. The molecule has 1 N–H and O–H groups in total. The van der Waals surface area contributed by atoms with Crippen LogP contribution in [0.3, 0.4) is 0 Å². The van der Waals surface area contributed by atoms with Crippen molar-refractivity contribution in [2.75, 3.05) is 0 Å². The van der Waals surface area contributed by atoms with Gasteiger partial charge in [-0.1, -0.05) is 0 Å². The highest BCUT2D eigenvalue weighted by molar-refractivity contribution is 5.73. The summed E-state index contributed by atoms with van der Waals surface area (Å²) in [6.45, 7) is 0. The van der Waals surface area contributed by atoms with Crippen LogP contribution in [0.15, 0.2) is 0 Å². The highest BCUT2D eigenvalue weighted by Gasteiger charge is 2.85. The quantitative estimate of drug-likeness (QED) is 0.565. The van der Waals surface area contributed by atoms with E-state index in [0.717, 1.165) is 0 Å². The molecule has 162 valence electrons. The molecular formula is C8HF15O4. The van der Waals surface area contributed by atoms with Gasteiger partial charge in [-0.15, -0.1) is 0 Å². The third-order valence-electron chi connectivity index (χ3n) is 2.22. The van der Waals surface area contributed by atoms with Crippen LogP contribution in [0.1, 0.15) is 0 Å². The molecule has 0 atom stereocenters. The van der Waals surface area contributed by atoms with E-state index >= 15 is 0 Å². The van der Waals surface area contributed by atoms with E-state index in [-0.39, 0.29) is 0 Å². The molecule has 19 heteroatoms. The van der Waals surface area contributed by atoms with Crippen molar-refractivity contribution in [1.29, 1.82) is 0 Å². The molecule has 0 aromatic heterocycles. The summed E-state index contributed by atoms with van der Waals surface area (Å²) in [4.78, 5) is 9.73. The van der Waals surface area contributed by atoms with Crippen LogP contribution in [-0.2, 0) is 14.3 Å². The van der Waals surface area contributed by atoms with Gasteiger partial charge in [0.2, 0.25) is 0 Å². The third kappa shape index (κ3) is 4.43. The van der Waals surface area contributed by atoms with Crippen molar-refractivity contribution in [3.05, 3.63) is 0 Å². The normalized spacial score (nSPS) is 15.8. The van der Waals surface area contributed by atoms with Crippen LogP contribution in [0.5, 0.6) is 0 Å². The van der Waals surface area contributed by atoms with E-state index in [0.29, 0.717) is 0 Å². The zero-order valence-corrected chi connectivity index (χ0v) is 11.3. The number of aliphatic carboxylic acids is 1. The molecule has 0 aliphatic carbocycles. The summed E-state index contributed by atoms with van der Waals surface area (Å²) in [6, 6.07) is 0. The Bertz CT molecular complexity index is 565. The summed E-state index contributed by atoms with van der Waals surface area (Å²) >= 11 is 0. The summed E-state index contributed by atoms with van der Waals surface area (Å²) in [7, 11) is 0. The molecule has 0 fully saturated rings. The summed E-state index contributed by atoms with van der Waals surface area (Å²) in [5.41, 5.74) is 0. The molecule has 0 heterocycles. The zero-order chi connectivity index (χ0) is 22.5. The Balaban J connectivity index is 5.92. The van der Waals surface area contributed by atoms with Gasteiger partial charge in [-0.2, -0.15) is 65.9 Å². The first-order valence-corrected chi connectivity index (χ1v) is 5.33. The van der Waals surface area contributed by atoms with Crippen LogP contribution in [0, 0.1) is 0 Å². The summed E-state index contributed by atoms with van der Waals surface area (Å²) in [6.07, 6.45) is -36.3. The van der Waals surface area contributed by atoms with Crippen LogP contribution in [0.25, 0.3) is 0 Å². The number of rotatable bonds is 8. The smallest absolute Gasteiger partial charge is 0.460 e. The van der Waals surface area contributed by atoms with E-state index in [1.54, 1.807) is 4.74 Å². The van der Waals surface area contributed by atoms with Gasteiger partial charge in [-0.25, -0.2) is 14.3 Å². The number of halogens is 15. The maximum atomic E-state index is 12.7. The first-order valence-electron chi connectivity index (χ1n) is 5.33. The Morgan fingerprint density at radius 2 is 0.889 bits per heavy atom. The monoisotopic (exact) mass is 446 g/mol. The van der Waals surface area contributed by atoms with Gasteiger partial charge in [0.1, 0.15) is 0 Å². The molecule has 0 amide bonds. The first kappa shape index (κ1) is 25.3. The molecule has 4 nitrogen and oxygen atoms in total. The predicted octanol–water partition coefficient (Wildman–Crippen LogP) is 4.31. The Morgan fingerprint density at radius 3 is 1.19 bits per heavy atom. The van der Waals surface area contributed by atoms with Gasteiger partial charge in [0.15, 0.2) is 0 Å². The van der Waals surface area contributed by atoms with E-state index < -0.39 is 48.4 Å². The first-order chi connectivity index (χ1) is 11.4. The zero-order valence-electron chi connectivity index (χ0n) is 11.3. The molecule has 0 aromatic rings. The average molecular weight is 446 g/mol. The van der Waals surface area contributed by atoms with Gasteiger partial charge >= 0.3 is 48.4 Å². The van der Waals surface area contributed by atoms with Gasteiger partial charge in [-0.3, -0.25) is 0 Å². The standard InChI is InChI=1S/C8HF15O4/c9-2(10,1(24)25)26-7(20,21)8(22,23)27-6(18,19)4(13,14)3(11,12)5(15,16)17/h(H,24,25). The molecule has 0 saturated heterocycles. The molecule has 0 rings (SSSR count). The molecule has 0 bridgehead atoms. The fourth-order valence-corrected chi connectivity index (χ4v) is 0.909. The van der Waals surface area contributed by atoms with Crippen molar-refractivity contribution in [1.82, 2.24) is 0 Å². The van der Waals surface area contributed by atoms with Crippen molar-refractivity contribution in [3.8, 4) is 0 Å². The maximum Gasteiger partial charge on any atom is 0.460 e. The van der Waals surface area contributed by atoms with Gasteiger partial charge in [0, 0.05) is 0 Å². The predicted molar refractivity (Wildman–Crippen MR) is 45.5 cm³/mol. The largest absolute Gasteiger partial charge is 0.475 e. The minimum atomic E-state index is -7.97. The number of carboxylic acids is 1. The Kier molecular flexibility index (Phi) is 6.05. The number of alkyl halides is 15. The number of carboxylic acid groups (broad SMARTS) is 1. The molecule has 0 aliphatic heterocycles. The fourth-order valence-electron chi connectivity index (χ4n) is 0.909. The summed E-state index contributed by atoms with van der Waals surface area (Å²) in [5, 5.41) is 7.64. The second-order valence-corrected chi connectivity index (χ2v) is 4.22. The maximum absolute atomic E-state index is 12.7. The van der Waals surface area contributed by atoms with Crippen LogP contribution in [0.4, 0.5) is 65.9 Å². The lowest BCUT2D eigenvalue weighted by molar-refractivity contribution is -0.539. The molecule has 0 radical (unpaired) electrons. The highest BCUT2D eigenvalue weighted by atomic mass is 19.4. The number of ether oxygens (including phenoxy) is 2. The lowest BCUT2D eigenvalue weighted by Gasteiger charge is -2.36. The average Bonchev–Trinajstić information content (AvgIpc) is 2.33. The number of hydrogen-bond acceptors (Lipinski definition) is 3. The van der Waals surface area contributed by atoms with Gasteiger partial charge < -0.3 is 5.11 Å². The molecule has 0 aliphatic rings. The van der Waals surface area contributed by atoms with E-state index in [2.05, 4.69) is 0 Å². The van der Waals surface area contributed by atoms with Crippen LogP contribution >= 0.6 is 0 Å². The number of carbonyl (C=O) groups is 1. The lowest BCUT2D eigenvalue weighted by Crippen LogP contribution is -2.64. The SMILES string of the molecule is O=C(O)C(F)(F)OC(F)(F)C(F)(F)OC(F)(F)C(F)(F)C(F)(F)C(F)(F)F.